The molecule has 0 bridgehead atoms. The van der Waals surface area contributed by atoms with Crippen LogP contribution in [-0.2, 0) is 13.0 Å². The average Bonchev–Trinajstić information content (AvgIpc) is 2.60. The highest BCUT2D eigenvalue weighted by atomic mass is 16.5. The third kappa shape index (κ3) is 2.91. The van der Waals surface area contributed by atoms with E-state index in [1.54, 1.807) is 7.11 Å². The van der Waals surface area contributed by atoms with Crippen molar-refractivity contribution in [1.29, 1.82) is 0 Å². The Morgan fingerprint density at radius 2 is 1.68 bits per heavy atom. The average molecular weight is 291 g/mol. The van der Waals surface area contributed by atoms with Gasteiger partial charge in [-0.1, -0.05) is 49.4 Å². The van der Waals surface area contributed by atoms with Gasteiger partial charge in [-0.3, -0.25) is 0 Å². The normalized spacial score (nSPS) is 10.6. The summed E-state index contributed by atoms with van der Waals surface area (Å²) in [5, 5.41) is 5.97. The van der Waals surface area contributed by atoms with E-state index in [1.165, 1.54) is 21.9 Å². The maximum Gasteiger partial charge on any atom is 0.124 e. The maximum atomic E-state index is 5.54. The van der Waals surface area contributed by atoms with Crippen molar-refractivity contribution in [1.82, 2.24) is 0 Å². The Balaban J connectivity index is 1.88. The fraction of sp³-hybridized carbons (Fsp3) is 0.200. The molecule has 3 aromatic rings. The first-order valence-electron chi connectivity index (χ1n) is 7.69. The van der Waals surface area contributed by atoms with E-state index in [4.69, 9.17) is 4.74 Å². The Bertz CT molecular complexity index is 762. The van der Waals surface area contributed by atoms with Crippen molar-refractivity contribution in [3.63, 3.8) is 0 Å². The van der Waals surface area contributed by atoms with E-state index in [0.717, 1.165) is 24.4 Å². The molecule has 0 aliphatic carbocycles. The molecule has 2 heteroatoms. The number of anilines is 1. The summed E-state index contributed by atoms with van der Waals surface area (Å²) >= 11 is 0. The molecule has 0 saturated carbocycles. The van der Waals surface area contributed by atoms with E-state index in [9.17, 15) is 0 Å². The molecule has 112 valence electrons. The lowest BCUT2D eigenvalue weighted by Crippen LogP contribution is -2.02. The quantitative estimate of drug-likeness (QED) is 0.712. The fourth-order valence-corrected chi connectivity index (χ4v) is 2.74. The zero-order chi connectivity index (χ0) is 15.4. The van der Waals surface area contributed by atoms with Crippen LogP contribution in [0.3, 0.4) is 0 Å². The van der Waals surface area contributed by atoms with E-state index < -0.39 is 0 Å². The van der Waals surface area contributed by atoms with Crippen LogP contribution >= 0.6 is 0 Å². The van der Waals surface area contributed by atoms with Crippen molar-refractivity contribution in [2.45, 2.75) is 19.9 Å². The summed E-state index contributed by atoms with van der Waals surface area (Å²) in [5.41, 5.74) is 3.68. The van der Waals surface area contributed by atoms with Gasteiger partial charge in [0.1, 0.15) is 5.75 Å². The second-order valence-corrected chi connectivity index (χ2v) is 5.37. The predicted octanol–water partition coefficient (Wildman–Crippen LogP) is 5.02. The van der Waals surface area contributed by atoms with Gasteiger partial charge in [0.25, 0.3) is 0 Å². The third-order valence-corrected chi connectivity index (χ3v) is 4.05. The number of aryl methyl sites for hydroxylation is 1. The molecule has 0 amide bonds. The van der Waals surface area contributed by atoms with E-state index in [1.807, 2.05) is 6.07 Å². The Hall–Kier alpha value is -2.48. The van der Waals surface area contributed by atoms with Gasteiger partial charge in [-0.05, 0) is 41.0 Å². The highest BCUT2D eigenvalue weighted by Crippen LogP contribution is 2.28. The molecule has 3 rings (SSSR count). The van der Waals surface area contributed by atoms with Gasteiger partial charge in [0, 0.05) is 17.8 Å². The monoisotopic (exact) mass is 291 g/mol. The van der Waals surface area contributed by atoms with Gasteiger partial charge in [-0.2, -0.15) is 0 Å². The fourth-order valence-electron chi connectivity index (χ4n) is 2.74. The van der Waals surface area contributed by atoms with Crippen molar-refractivity contribution in [2.24, 2.45) is 0 Å². The van der Waals surface area contributed by atoms with E-state index >= 15 is 0 Å². The highest BCUT2D eigenvalue weighted by molar-refractivity contribution is 5.88. The molecule has 0 atom stereocenters. The second kappa shape index (κ2) is 6.52. The molecule has 0 spiro atoms. The summed E-state index contributed by atoms with van der Waals surface area (Å²) in [6.07, 6.45) is 1.07. The second-order valence-electron chi connectivity index (χ2n) is 5.37. The van der Waals surface area contributed by atoms with Crippen LogP contribution in [0.5, 0.6) is 5.75 Å². The Morgan fingerprint density at radius 1 is 0.909 bits per heavy atom. The van der Waals surface area contributed by atoms with Crippen molar-refractivity contribution >= 4 is 16.5 Å². The maximum absolute atomic E-state index is 5.54. The van der Waals surface area contributed by atoms with Crippen LogP contribution in [0, 0.1) is 0 Å². The van der Waals surface area contributed by atoms with Crippen LogP contribution in [-0.4, -0.2) is 7.11 Å². The molecule has 0 aliphatic rings. The van der Waals surface area contributed by atoms with Gasteiger partial charge in [0.05, 0.1) is 7.11 Å². The molecule has 0 unspecified atom stereocenters. The standard InChI is InChI=1S/C20H21NO/c1-3-15-8-11-17(12-9-15)21-14-19-18-7-5-4-6-16(18)10-13-20(19)22-2/h4-13,21H,3,14H2,1-2H3. The van der Waals surface area contributed by atoms with Gasteiger partial charge in [-0.15, -0.1) is 0 Å². The van der Waals surface area contributed by atoms with Crippen LogP contribution in [0.4, 0.5) is 5.69 Å². The third-order valence-electron chi connectivity index (χ3n) is 4.05. The van der Waals surface area contributed by atoms with Gasteiger partial charge < -0.3 is 10.1 Å². The number of nitrogens with one attached hydrogen (secondary N) is 1. The molecular formula is C20H21NO. The molecule has 0 fully saturated rings. The minimum Gasteiger partial charge on any atom is -0.496 e. The highest BCUT2D eigenvalue weighted by Gasteiger charge is 2.07. The summed E-state index contributed by atoms with van der Waals surface area (Å²) in [6, 6.07) is 21.2. The SMILES string of the molecule is CCc1ccc(NCc2c(OC)ccc3ccccc23)cc1. The number of methoxy groups -OCH3 is 1. The molecule has 0 aromatic heterocycles. The van der Waals surface area contributed by atoms with Crippen LogP contribution in [0.15, 0.2) is 60.7 Å². The molecule has 0 heterocycles. The molecule has 0 radical (unpaired) electrons. The zero-order valence-electron chi connectivity index (χ0n) is 13.1. The first-order valence-corrected chi connectivity index (χ1v) is 7.69. The summed E-state index contributed by atoms with van der Waals surface area (Å²) in [7, 11) is 1.73. The molecule has 22 heavy (non-hydrogen) atoms. The molecular weight excluding hydrogens is 270 g/mol. The van der Waals surface area contributed by atoms with Crippen LogP contribution in [0.1, 0.15) is 18.1 Å². The number of benzene rings is 3. The Morgan fingerprint density at radius 3 is 2.41 bits per heavy atom. The molecule has 0 aliphatic heterocycles. The first kappa shape index (κ1) is 14.5. The largest absolute Gasteiger partial charge is 0.496 e. The van der Waals surface area contributed by atoms with E-state index in [2.05, 4.69) is 66.8 Å². The van der Waals surface area contributed by atoms with Gasteiger partial charge in [0.2, 0.25) is 0 Å². The van der Waals surface area contributed by atoms with Gasteiger partial charge in [-0.25, -0.2) is 0 Å². The topological polar surface area (TPSA) is 21.3 Å². The summed E-state index contributed by atoms with van der Waals surface area (Å²) in [5.74, 6) is 0.927. The molecule has 2 nitrogen and oxygen atoms in total. The van der Waals surface area contributed by atoms with Crippen molar-refractivity contribution < 1.29 is 4.74 Å². The first-order chi connectivity index (χ1) is 10.8. The number of fused-ring (bicyclic) bond motifs is 1. The number of ether oxygens (including phenoxy) is 1. The Labute approximate surface area is 131 Å². The van der Waals surface area contributed by atoms with Gasteiger partial charge >= 0.3 is 0 Å². The van der Waals surface area contributed by atoms with E-state index in [-0.39, 0.29) is 0 Å². The summed E-state index contributed by atoms with van der Waals surface area (Å²) in [6.45, 7) is 2.92. The lowest BCUT2D eigenvalue weighted by molar-refractivity contribution is 0.411. The predicted molar refractivity (Wildman–Crippen MR) is 93.6 cm³/mol. The van der Waals surface area contributed by atoms with Crippen molar-refractivity contribution in [2.75, 3.05) is 12.4 Å². The van der Waals surface area contributed by atoms with Crippen LogP contribution in [0.25, 0.3) is 10.8 Å². The smallest absolute Gasteiger partial charge is 0.124 e. The number of hydrogen-bond donors (Lipinski definition) is 1. The number of rotatable bonds is 5. The Kier molecular flexibility index (Phi) is 4.29. The van der Waals surface area contributed by atoms with Gasteiger partial charge in [0.15, 0.2) is 0 Å². The molecule has 3 aromatic carbocycles. The minimum absolute atomic E-state index is 0.746. The van der Waals surface area contributed by atoms with Crippen molar-refractivity contribution in [3.05, 3.63) is 71.8 Å². The zero-order valence-corrected chi connectivity index (χ0v) is 13.1. The summed E-state index contributed by atoms with van der Waals surface area (Å²) < 4.78 is 5.54. The lowest BCUT2D eigenvalue weighted by Gasteiger charge is -2.14. The van der Waals surface area contributed by atoms with Crippen LogP contribution in [0.2, 0.25) is 0 Å². The van der Waals surface area contributed by atoms with E-state index in [0.29, 0.717) is 0 Å². The van der Waals surface area contributed by atoms with Crippen LogP contribution < -0.4 is 10.1 Å². The lowest BCUT2D eigenvalue weighted by atomic mass is 10.0. The minimum atomic E-state index is 0.746. The molecule has 0 saturated heterocycles. The number of hydrogen-bond acceptors (Lipinski definition) is 2. The summed E-state index contributed by atoms with van der Waals surface area (Å²) in [4.78, 5) is 0. The molecule has 1 N–H and O–H groups in total. The van der Waals surface area contributed by atoms with Crippen molar-refractivity contribution in [3.8, 4) is 5.75 Å².